The SMILES string of the molecule is CC(=O)On1nc(C(F)(F)F)c(Cl)c1C. The summed E-state index contributed by atoms with van der Waals surface area (Å²) in [6.07, 6.45) is -4.67. The molecular formula is C7H6ClF3N2O2. The molecule has 0 radical (unpaired) electrons. The number of hydrogen-bond donors (Lipinski definition) is 0. The quantitative estimate of drug-likeness (QED) is 0.755. The summed E-state index contributed by atoms with van der Waals surface area (Å²) < 4.78 is 36.8. The third-order valence-corrected chi connectivity index (χ3v) is 1.94. The van der Waals surface area contributed by atoms with Crippen molar-refractivity contribution < 1.29 is 22.8 Å². The van der Waals surface area contributed by atoms with E-state index in [1.165, 1.54) is 6.92 Å². The molecule has 84 valence electrons. The molecule has 0 aliphatic rings. The summed E-state index contributed by atoms with van der Waals surface area (Å²) in [5, 5.41) is 2.46. The summed E-state index contributed by atoms with van der Waals surface area (Å²) in [4.78, 5) is 15.4. The second kappa shape index (κ2) is 3.73. The van der Waals surface area contributed by atoms with E-state index in [9.17, 15) is 18.0 Å². The van der Waals surface area contributed by atoms with Crippen molar-refractivity contribution in [2.75, 3.05) is 0 Å². The lowest BCUT2D eigenvalue weighted by Gasteiger charge is -2.01. The smallest absolute Gasteiger partial charge is 0.319 e. The first-order valence-electron chi connectivity index (χ1n) is 3.74. The van der Waals surface area contributed by atoms with Crippen LogP contribution in [0.2, 0.25) is 5.02 Å². The van der Waals surface area contributed by atoms with Gasteiger partial charge in [0.05, 0.1) is 10.7 Å². The minimum Gasteiger partial charge on any atom is -0.319 e. The largest absolute Gasteiger partial charge is 0.436 e. The minimum atomic E-state index is -4.67. The summed E-state index contributed by atoms with van der Waals surface area (Å²) in [7, 11) is 0. The van der Waals surface area contributed by atoms with Crippen molar-refractivity contribution in [2.45, 2.75) is 20.0 Å². The second-order valence-electron chi connectivity index (χ2n) is 2.70. The van der Waals surface area contributed by atoms with E-state index in [4.69, 9.17) is 11.6 Å². The molecule has 4 nitrogen and oxygen atoms in total. The Morgan fingerprint density at radius 2 is 2.07 bits per heavy atom. The average Bonchev–Trinajstić information content (AvgIpc) is 2.30. The van der Waals surface area contributed by atoms with E-state index < -0.39 is 22.9 Å². The molecule has 15 heavy (non-hydrogen) atoms. The predicted molar refractivity (Wildman–Crippen MR) is 44.2 cm³/mol. The van der Waals surface area contributed by atoms with E-state index in [-0.39, 0.29) is 5.69 Å². The molecule has 0 saturated carbocycles. The molecule has 8 heteroatoms. The standard InChI is InChI=1S/C7H6ClF3N2O2/c1-3-5(8)6(7(9,10)11)12-13(3)15-4(2)14/h1-2H3. The zero-order chi connectivity index (χ0) is 11.8. The number of carbonyl (C=O) groups excluding carboxylic acids is 1. The van der Waals surface area contributed by atoms with Crippen LogP contribution in [0.15, 0.2) is 0 Å². The highest BCUT2D eigenvalue weighted by molar-refractivity contribution is 6.31. The normalized spacial score (nSPS) is 11.6. The molecule has 0 fully saturated rings. The summed E-state index contributed by atoms with van der Waals surface area (Å²) in [5.41, 5.74) is -1.36. The molecule has 0 aliphatic heterocycles. The molecule has 0 unspecified atom stereocenters. The van der Waals surface area contributed by atoms with Crippen LogP contribution in [0.25, 0.3) is 0 Å². The fourth-order valence-corrected chi connectivity index (χ4v) is 1.07. The lowest BCUT2D eigenvalue weighted by Crippen LogP contribution is -2.20. The Kier molecular flexibility index (Phi) is 2.94. The van der Waals surface area contributed by atoms with Crippen molar-refractivity contribution in [2.24, 2.45) is 0 Å². The Morgan fingerprint density at radius 3 is 2.40 bits per heavy atom. The van der Waals surface area contributed by atoms with Crippen LogP contribution in [0.4, 0.5) is 13.2 Å². The molecule has 0 bridgehead atoms. The third kappa shape index (κ3) is 2.41. The molecule has 1 heterocycles. The highest BCUT2D eigenvalue weighted by Gasteiger charge is 2.38. The highest BCUT2D eigenvalue weighted by Crippen LogP contribution is 2.34. The van der Waals surface area contributed by atoms with Crippen molar-refractivity contribution in [3.63, 3.8) is 0 Å². The van der Waals surface area contributed by atoms with E-state index in [1.54, 1.807) is 0 Å². The lowest BCUT2D eigenvalue weighted by molar-refractivity contribution is -0.149. The van der Waals surface area contributed by atoms with Crippen LogP contribution in [0.5, 0.6) is 0 Å². The number of halogens is 4. The molecule has 0 aliphatic carbocycles. The van der Waals surface area contributed by atoms with Crippen LogP contribution < -0.4 is 4.84 Å². The zero-order valence-corrected chi connectivity index (χ0v) is 8.48. The maximum absolute atomic E-state index is 12.3. The molecular weight excluding hydrogens is 237 g/mol. The van der Waals surface area contributed by atoms with Gasteiger partial charge in [0.1, 0.15) is 0 Å². The van der Waals surface area contributed by atoms with Crippen LogP contribution in [-0.2, 0) is 11.0 Å². The van der Waals surface area contributed by atoms with Gasteiger partial charge in [-0.15, -0.1) is 5.10 Å². The minimum absolute atomic E-state index is 0.0841. The Morgan fingerprint density at radius 1 is 1.53 bits per heavy atom. The van der Waals surface area contributed by atoms with Crippen molar-refractivity contribution >= 4 is 17.6 Å². The summed E-state index contributed by atoms with van der Waals surface area (Å²) in [6, 6.07) is 0. The van der Waals surface area contributed by atoms with Gasteiger partial charge < -0.3 is 4.84 Å². The molecule has 0 atom stereocenters. The molecule has 1 aromatic rings. The molecule has 1 rings (SSSR count). The van der Waals surface area contributed by atoms with Crippen LogP contribution in [0.3, 0.4) is 0 Å². The zero-order valence-electron chi connectivity index (χ0n) is 7.72. The van der Waals surface area contributed by atoms with Gasteiger partial charge in [0.25, 0.3) is 0 Å². The number of aromatic nitrogens is 2. The monoisotopic (exact) mass is 242 g/mol. The Balaban J connectivity index is 3.18. The Hall–Kier alpha value is -1.24. The number of alkyl halides is 3. The first kappa shape index (κ1) is 11.8. The van der Waals surface area contributed by atoms with Gasteiger partial charge in [0.15, 0.2) is 5.69 Å². The van der Waals surface area contributed by atoms with E-state index in [2.05, 4.69) is 9.94 Å². The van der Waals surface area contributed by atoms with Crippen molar-refractivity contribution in [3.8, 4) is 0 Å². The molecule has 0 amide bonds. The van der Waals surface area contributed by atoms with Crippen molar-refractivity contribution in [3.05, 3.63) is 16.4 Å². The van der Waals surface area contributed by atoms with Gasteiger partial charge >= 0.3 is 12.1 Å². The van der Waals surface area contributed by atoms with E-state index in [0.717, 1.165) is 6.92 Å². The fraction of sp³-hybridized carbons (Fsp3) is 0.429. The fourth-order valence-electron chi connectivity index (χ4n) is 0.857. The van der Waals surface area contributed by atoms with Gasteiger partial charge in [-0.25, -0.2) is 4.79 Å². The van der Waals surface area contributed by atoms with E-state index >= 15 is 0 Å². The molecule has 0 saturated heterocycles. The summed E-state index contributed by atoms with van der Waals surface area (Å²) in [6.45, 7) is 2.30. The topological polar surface area (TPSA) is 44.1 Å². The van der Waals surface area contributed by atoms with Gasteiger partial charge in [-0.1, -0.05) is 16.4 Å². The molecule has 0 spiro atoms. The van der Waals surface area contributed by atoms with Crippen LogP contribution in [0, 0.1) is 6.92 Å². The molecule has 0 aromatic carbocycles. The number of hydrogen-bond acceptors (Lipinski definition) is 3. The van der Waals surface area contributed by atoms with Gasteiger partial charge in [0, 0.05) is 6.92 Å². The number of carbonyl (C=O) groups is 1. The Labute approximate surface area is 87.5 Å². The molecule has 0 N–H and O–H groups in total. The van der Waals surface area contributed by atoms with Crippen LogP contribution in [0.1, 0.15) is 18.3 Å². The van der Waals surface area contributed by atoms with Gasteiger partial charge in [-0.2, -0.15) is 13.2 Å². The molecule has 1 aromatic heterocycles. The maximum Gasteiger partial charge on any atom is 0.436 e. The van der Waals surface area contributed by atoms with Gasteiger partial charge in [-0.3, -0.25) is 0 Å². The summed E-state index contributed by atoms with van der Waals surface area (Å²) in [5.74, 6) is -0.786. The Bertz CT molecular complexity index is 400. The maximum atomic E-state index is 12.3. The second-order valence-corrected chi connectivity index (χ2v) is 3.08. The number of nitrogens with zero attached hydrogens (tertiary/aromatic N) is 2. The van der Waals surface area contributed by atoms with Crippen molar-refractivity contribution in [1.29, 1.82) is 0 Å². The highest BCUT2D eigenvalue weighted by atomic mass is 35.5. The van der Waals surface area contributed by atoms with Crippen LogP contribution in [-0.4, -0.2) is 15.9 Å². The first-order chi connectivity index (χ1) is 6.73. The van der Waals surface area contributed by atoms with Crippen LogP contribution >= 0.6 is 11.6 Å². The van der Waals surface area contributed by atoms with Crippen molar-refractivity contribution in [1.82, 2.24) is 9.94 Å². The number of rotatable bonds is 1. The first-order valence-corrected chi connectivity index (χ1v) is 4.12. The van der Waals surface area contributed by atoms with E-state index in [1.807, 2.05) is 0 Å². The third-order valence-electron chi connectivity index (χ3n) is 1.49. The summed E-state index contributed by atoms with van der Waals surface area (Å²) >= 11 is 5.39. The van der Waals surface area contributed by atoms with E-state index in [0.29, 0.717) is 4.85 Å². The predicted octanol–water partition coefficient (Wildman–Crippen LogP) is 1.84. The van der Waals surface area contributed by atoms with Gasteiger partial charge in [0.2, 0.25) is 0 Å². The average molecular weight is 243 g/mol. The van der Waals surface area contributed by atoms with Gasteiger partial charge in [-0.05, 0) is 6.92 Å². The lowest BCUT2D eigenvalue weighted by atomic mass is 10.3.